The summed E-state index contributed by atoms with van der Waals surface area (Å²) in [6.07, 6.45) is 2.15. The first kappa shape index (κ1) is 41.8. The molecule has 4 aliphatic rings. The molecule has 3 saturated heterocycles. The summed E-state index contributed by atoms with van der Waals surface area (Å²) in [5.74, 6) is 0.611. The van der Waals surface area contributed by atoms with Crippen LogP contribution in [-0.2, 0) is 32.1 Å². The van der Waals surface area contributed by atoms with E-state index in [1.165, 1.54) is 0 Å². The molecule has 1 spiro atoms. The molecule has 0 radical (unpaired) electrons. The van der Waals surface area contributed by atoms with Crippen molar-refractivity contribution in [1.82, 2.24) is 30.2 Å². The fourth-order valence-electron chi connectivity index (χ4n) is 7.67. The van der Waals surface area contributed by atoms with Gasteiger partial charge in [0.25, 0.3) is 0 Å². The van der Waals surface area contributed by atoms with Crippen LogP contribution in [0, 0.1) is 5.41 Å². The summed E-state index contributed by atoms with van der Waals surface area (Å²) in [5, 5.41) is 8.67. The second-order valence-electron chi connectivity index (χ2n) is 18.5. The lowest BCUT2D eigenvalue weighted by Gasteiger charge is -2.39. The van der Waals surface area contributed by atoms with Crippen molar-refractivity contribution < 1.29 is 42.7 Å². The number of fused-ring (bicyclic) bond motifs is 3. The number of nitrogens with one attached hydrogen (secondary N) is 1. The summed E-state index contributed by atoms with van der Waals surface area (Å²) < 4.78 is 22.5. The first-order chi connectivity index (χ1) is 26.7. The molecule has 0 unspecified atom stereocenters. The van der Waals surface area contributed by atoms with E-state index in [1.54, 1.807) is 56.4 Å². The number of alkyl carbamates (subject to hydrolysis) is 1. The normalized spacial score (nSPS) is 21.1. The molecule has 6 rings (SSSR count). The van der Waals surface area contributed by atoms with Crippen LogP contribution in [0.3, 0.4) is 0 Å². The SMILES string of the molecule is CC(C)(C)OC(=O)/N=C(\NC(=O)OC(C)(C)C)N1CCC(N(CCc2cc([C@@H]3CC4(CC4)[C@H]4CN3C(=O)N4OCc3ccccc3)no2)C(=O)OC(C)(C)C)CC1. The predicted molar refractivity (Wildman–Crippen MR) is 209 cm³/mol. The van der Waals surface area contributed by atoms with Crippen LogP contribution in [0.1, 0.15) is 117 Å². The van der Waals surface area contributed by atoms with Crippen molar-refractivity contribution in [1.29, 1.82) is 0 Å². The number of likely N-dealkylation sites (tertiary alicyclic amines) is 1. The highest BCUT2D eigenvalue weighted by atomic mass is 16.7. The molecule has 5 amide bonds. The van der Waals surface area contributed by atoms with Crippen molar-refractivity contribution >= 4 is 30.3 Å². The molecule has 2 aromatic rings. The van der Waals surface area contributed by atoms with E-state index < -0.39 is 35.1 Å². The van der Waals surface area contributed by atoms with E-state index in [0.29, 0.717) is 63.5 Å². The summed E-state index contributed by atoms with van der Waals surface area (Å²) in [5.41, 5.74) is -0.590. The Labute approximate surface area is 335 Å². The Morgan fingerprint density at radius 2 is 1.60 bits per heavy atom. The maximum Gasteiger partial charge on any atom is 0.437 e. The quantitative estimate of drug-likeness (QED) is 0.163. The molecule has 1 aromatic heterocycles. The molecule has 4 fully saturated rings. The second-order valence-corrected chi connectivity index (χ2v) is 18.5. The zero-order valence-corrected chi connectivity index (χ0v) is 34.8. The fourth-order valence-corrected chi connectivity index (χ4v) is 7.67. The van der Waals surface area contributed by atoms with Crippen molar-refractivity contribution in [2.45, 2.75) is 142 Å². The second kappa shape index (κ2) is 16.2. The van der Waals surface area contributed by atoms with Gasteiger partial charge in [-0.15, -0.1) is 4.99 Å². The van der Waals surface area contributed by atoms with Gasteiger partial charge in [-0.2, -0.15) is 5.06 Å². The van der Waals surface area contributed by atoms with E-state index >= 15 is 0 Å². The molecule has 2 atom stereocenters. The van der Waals surface area contributed by atoms with Gasteiger partial charge in [0.1, 0.15) is 34.9 Å². The summed E-state index contributed by atoms with van der Waals surface area (Å²) >= 11 is 0. The number of hydroxylamine groups is 2. The smallest absolute Gasteiger partial charge is 0.437 e. The highest BCUT2D eigenvalue weighted by Gasteiger charge is 2.63. The Balaban J connectivity index is 1.12. The third-order valence-corrected chi connectivity index (χ3v) is 10.4. The Kier molecular flexibility index (Phi) is 11.9. The number of benzene rings is 1. The lowest BCUT2D eigenvalue weighted by atomic mass is 9.84. The number of ether oxygens (including phenoxy) is 3. The molecular weight excluding hydrogens is 734 g/mol. The van der Waals surface area contributed by atoms with Crippen molar-refractivity contribution in [2.24, 2.45) is 10.4 Å². The zero-order chi connectivity index (χ0) is 41.3. The standard InChI is InChI=1S/C41H59N7O9/c1-38(2,3)54-34(49)42-33(43-35(50)55-39(4,5)6)45-20-15-28(16-21-45)46(37(52)56-40(7,8)9)22-17-29-23-30(44-57-29)31-24-41(18-19-41)32-25-47(31)36(51)48(32)53-26-27-13-11-10-12-14-27/h10-14,23,28,31-32H,15-22,24-26H2,1-9H3,(H,42,43,49,50)/t31-,32+/m0/s1. The highest BCUT2D eigenvalue weighted by molar-refractivity contribution is 5.99. The van der Waals surface area contributed by atoms with E-state index in [4.69, 9.17) is 23.6 Å². The summed E-state index contributed by atoms with van der Waals surface area (Å²) in [7, 11) is 0. The number of aliphatic imine (C=N–C) groups is 1. The van der Waals surface area contributed by atoms with E-state index in [1.807, 2.05) is 62.1 Å². The largest absolute Gasteiger partial charge is 0.444 e. The van der Waals surface area contributed by atoms with Crippen LogP contribution in [0.25, 0.3) is 0 Å². The number of amides is 5. The van der Waals surface area contributed by atoms with Gasteiger partial charge in [0.15, 0.2) is 0 Å². The average Bonchev–Trinajstić information content (AvgIpc) is 3.59. The molecule has 1 saturated carbocycles. The maximum absolute atomic E-state index is 13.7. The Morgan fingerprint density at radius 3 is 2.21 bits per heavy atom. The lowest BCUT2D eigenvalue weighted by molar-refractivity contribution is -0.153. The van der Waals surface area contributed by atoms with Crippen LogP contribution in [0.4, 0.5) is 19.2 Å². The molecule has 1 aromatic carbocycles. The zero-order valence-electron chi connectivity index (χ0n) is 34.8. The highest BCUT2D eigenvalue weighted by Crippen LogP contribution is 2.61. The maximum atomic E-state index is 13.7. The Morgan fingerprint density at radius 1 is 0.947 bits per heavy atom. The number of hydrogen-bond acceptors (Lipinski definition) is 10. The molecule has 3 aliphatic heterocycles. The molecular formula is C41H59N7O9. The molecule has 57 heavy (non-hydrogen) atoms. The molecule has 2 bridgehead atoms. The van der Waals surface area contributed by atoms with Gasteiger partial charge in [0.05, 0.1) is 12.1 Å². The van der Waals surface area contributed by atoms with Gasteiger partial charge in [-0.05, 0) is 105 Å². The lowest BCUT2D eigenvalue weighted by Crippen LogP contribution is -2.54. The molecule has 1 aliphatic carbocycles. The third kappa shape index (κ3) is 10.8. The van der Waals surface area contributed by atoms with E-state index in [2.05, 4.69) is 15.5 Å². The van der Waals surface area contributed by atoms with Crippen LogP contribution in [-0.4, -0.2) is 110 Å². The topological polar surface area (TPSA) is 169 Å². The third-order valence-electron chi connectivity index (χ3n) is 10.4. The minimum atomic E-state index is -0.847. The average molecular weight is 794 g/mol. The molecule has 1 N–H and O–H groups in total. The first-order valence-corrected chi connectivity index (χ1v) is 20.0. The monoisotopic (exact) mass is 793 g/mol. The molecule has 4 heterocycles. The molecule has 312 valence electrons. The van der Waals surface area contributed by atoms with Gasteiger partial charge in [-0.25, -0.2) is 19.2 Å². The fraction of sp³-hybridized carbons (Fsp3) is 0.659. The number of hydrogen-bond donors (Lipinski definition) is 1. The number of piperidine rings is 2. The minimum Gasteiger partial charge on any atom is -0.444 e. The number of nitrogens with zero attached hydrogens (tertiary/aromatic N) is 6. The Bertz CT molecular complexity index is 1800. The predicted octanol–water partition coefficient (Wildman–Crippen LogP) is 7.20. The van der Waals surface area contributed by atoms with Crippen molar-refractivity contribution in [2.75, 3.05) is 26.2 Å². The number of carbonyl (C=O) groups is 4. The molecule has 16 heteroatoms. The van der Waals surface area contributed by atoms with Crippen LogP contribution in [0.5, 0.6) is 0 Å². The van der Waals surface area contributed by atoms with Gasteiger partial charge in [0, 0.05) is 44.7 Å². The van der Waals surface area contributed by atoms with E-state index in [0.717, 1.165) is 24.8 Å². The summed E-state index contributed by atoms with van der Waals surface area (Å²) in [4.78, 5) is 68.5. The minimum absolute atomic E-state index is 0.00195. The number of urea groups is 1. The van der Waals surface area contributed by atoms with Crippen molar-refractivity contribution in [3.63, 3.8) is 0 Å². The van der Waals surface area contributed by atoms with Crippen LogP contribution in [0.15, 0.2) is 45.9 Å². The van der Waals surface area contributed by atoms with E-state index in [-0.39, 0.29) is 35.5 Å². The Hall–Kier alpha value is -4.86. The summed E-state index contributed by atoms with van der Waals surface area (Å²) in [6, 6.07) is 11.1. The number of rotatable bonds is 8. The van der Waals surface area contributed by atoms with Crippen molar-refractivity contribution in [3.05, 3.63) is 53.4 Å². The van der Waals surface area contributed by atoms with Crippen molar-refractivity contribution in [3.8, 4) is 0 Å². The van der Waals surface area contributed by atoms with E-state index in [9.17, 15) is 19.2 Å². The number of aromatic nitrogens is 1. The van der Waals surface area contributed by atoms with Gasteiger partial charge < -0.3 is 33.4 Å². The number of guanidine groups is 1. The van der Waals surface area contributed by atoms with Gasteiger partial charge in [-0.3, -0.25) is 10.2 Å². The number of carbonyl (C=O) groups excluding carboxylic acids is 4. The van der Waals surface area contributed by atoms with Gasteiger partial charge >= 0.3 is 24.3 Å². The van der Waals surface area contributed by atoms with Crippen LogP contribution < -0.4 is 5.32 Å². The van der Waals surface area contributed by atoms with Crippen LogP contribution in [0.2, 0.25) is 0 Å². The molecule has 16 nitrogen and oxygen atoms in total. The van der Waals surface area contributed by atoms with Gasteiger partial charge in [0.2, 0.25) is 5.96 Å². The summed E-state index contributed by atoms with van der Waals surface area (Å²) in [6.45, 7) is 17.8. The van der Waals surface area contributed by atoms with Crippen LogP contribution >= 0.6 is 0 Å². The first-order valence-electron chi connectivity index (χ1n) is 20.0. The van der Waals surface area contributed by atoms with Gasteiger partial charge in [-0.1, -0.05) is 35.5 Å².